The summed E-state index contributed by atoms with van der Waals surface area (Å²) in [5.41, 5.74) is 4.26. The Hall–Kier alpha value is -3.27. The van der Waals surface area contributed by atoms with Crippen LogP contribution in [0, 0.1) is 0 Å². The van der Waals surface area contributed by atoms with Crippen molar-refractivity contribution < 1.29 is 19.4 Å². The highest BCUT2D eigenvalue weighted by Gasteiger charge is 2.10. The van der Waals surface area contributed by atoms with Crippen molar-refractivity contribution in [3.8, 4) is 22.6 Å². The Kier molecular flexibility index (Phi) is 6.90. The zero-order valence-corrected chi connectivity index (χ0v) is 16.8. The number of carbonyl (C=O) groups is 1. The van der Waals surface area contributed by atoms with Gasteiger partial charge in [0.2, 0.25) is 0 Å². The fraction of sp³-hybridized carbons (Fsp3) is 0.240. The van der Waals surface area contributed by atoms with Gasteiger partial charge in [0.05, 0.1) is 13.0 Å². The number of para-hydroxylation sites is 1. The zero-order chi connectivity index (χ0) is 20.6. The first-order valence-electron chi connectivity index (χ1n) is 9.82. The Morgan fingerprint density at radius 2 is 1.62 bits per heavy atom. The van der Waals surface area contributed by atoms with Crippen LogP contribution >= 0.6 is 0 Å². The average molecular weight is 390 g/mol. The van der Waals surface area contributed by atoms with Crippen molar-refractivity contribution in [3.63, 3.8) is 0 Å². The third kappa shape index (κ3) is 5.61. The number of hydrogen-bond acceptors (Lipinski definition) is 3. The first-order chi connectivity index (χ1) is 14.1. The summed E-state index contributed by atoms with van der Waals surface area (Å²) < 4.78 is 11.6. The number of ether oxygens (including phenoxy) is 2. The topological polar surface area (TPSA) is 55.8 Å². The summed E-state index contributed by atoms with van der Waals surface area (Å²) in [6.45, 7) is 5.00. The normalized spacial score (nSPS) is 11.7. The minimum atomic E-state index is -0.787. The molecule has 1 atom stereocenters. The van der Waals surface area contributed by atoms with Crippen LogP contribution in [0.4, 0.5) is 0 Å². The second-order valence-electron chi connectivity index (χ2n) is 6.98. The van der Waals surface area contributed by atoms with Crippen LogP contribution in [0.5, 0.6) is 11.5 Å². The van der Waals surface area contributed by atoms with Crippen molar-refractivity contribution >= 4 is 5.97 Å². The number of carboxylic acids is 1. The molecule has 0 amide bonds. The molecule has 150 valence electrons. The van der Waals surface area contributed by atoms with Crippen LogP contribution in [0.15, 0.2) is 72.8 Å². The molecule has 0 spiro atoms. The maximum atomic E-state index is 10.8. The van der Waals surface area contributed by atoms with Gasteiger partial charge in [-0.25, -0.2) is 0 Å². The van der Waals surface area contributed by atoms with Gasteiger partial charge in [0.25, 0.3) is 0 Å². The Morgan fingerprint density at radius 3 is 2.28 bits per heavy atom. The maximum absolute atomic E-state index is 10.8. The van der Waals surface area contributed by atoms with Gasteiger partial charge in [-0.05, 0) is 47.7 Å². The van der Waals surface area contributed by atoms with Gasteiger partial charge in [0.15, 0.2) is 0 Å². The number of rotatable bonds is 9. The van der Waals surface area contributed by atoms with E-state index >= 15 is 0 Å². The van der Waals surface area contributed by atoms with Crippen molar-refractivity contribution in [2.24, 2.45) is 0 Å². The van der Waals surface area contributed by atoms with E-state index in [-0.39, 0.29) is 12.3 Å². The molecule has 3 aromatic carbocycles. The summed E-state index contributed by atoms with van der Waals surface area (Å²) in [4.78, 5) is 10.8. The smallest absolute Gasteiger partial charge is 0.303 e. The van der Waals surface area contributed by atoms with Crippen LogP contribution in [0.25, 0.3) is 11.1 Å². The monoisotopic (exact) mass is 390 g/mol. The van der Waals surface area contributed by atoms with Crippen molar-refractivity contribution in [3.05, 3.63) is 83.9 Å². The first kappa shape index (κ1) is 20.5. The summed E-state index contributed by atoms with van der Waals surface area (Å²) in [6, 6.07) is 23.9. The molecule has 0 bridgehead atoms. The standard InChI is InChI=1S/C25H26O4/c1-3-28-24-7-5-4-6-23(24)21-10-8-19(9-11-21)17-29-22-14-12-20(13-15-22)18(2)16-25(26)27/h4-15,18H,3,16-17H2,1-2H3,(H,26,27). The number of hydrogen-bond donors (Lipinski definition) is 1. The second kappa shape index (κ2) is 9.78. The average Bonchev–Trinajstić information content (AvgIpc) is 2.73. The minimum Gasteiger partial charge on any atom is -0.493 e. The predicted octanol–water partition coefficient (Wildman–Crippen LogP) is 5.91. The van der Waals surface area contributed by atoms with E-state index in [0.717, 1.165) is 33.8 Å². The molecule has 0 aromatic heterocycles. The van der Waals surface area contributed by atoms with Gasteiger partial charge in [-0.1, -0.05) is 61.5 Å². The molecule has 0 aliphatic carbocycles. The lowest BCUT2D eigenvalue weighted by Gasteiger charge is -2.12. The fourth-order valence-electron chi connectivity index (χ4n) is 3.21. The van der Waals surface area contributed by atoms with Gasteiger partial charge in [0, 0.05) is 5.56 Å². The van der Waals surface area contributed by atoms with Crippen molar-refractivity contribution in [2.45, 2.75) is 32.8 Å². The number of carboxylic acid groups (broad SMARTS) is 1. The van der Waals surface area contributed by atoms with Crippen LogP contribution in [-0.2, 0) is 11.4 Å². The maximum Gasteiger partial charge on any atom is 0.303 e. The third-order valence-electron chi connectivity index (χ3n) is 4.79. The Morgan fingerprint density at radius 1 is 0.931 bits per heavy atom. The highest BCUT2D eigenvalue weighted by molar-refractivity contribution is 5.70. The van der Waals surface area contributed by atoms with E-state index < -0.39 is 5.97 Å². The predicted molar refractivity (Wildman–Crippen MR) is 114 cm³/mol. The van der Waals surface area contributed by atoms with E-state index in [4.69, 9.17) is 14.6 Å². The van der Waals surface area contributed by atoms with E-state index in [2.05, 4.69) is 30.3 Å². The summed E-state index contributed by atoms with van der Waals surface area (Å²) in [5, 5.41) is 8.91. The summed E-state index contributed by atoms with van der Waals surface area (Å²) in [5.74, 6) is 0.845. The fourth-order valence-corrected chi connectivity index (χ4v) is 3.21. The summed E-state index contributed by atoms with van der Waals surface area (Å²) in [6.07, 6.45) is 0.124. The molecule has 29 heavy (non-hydrogen) atoms. The van der Waals surface area contributed by atoms with E-state index in [1.807, 2.05) is 56.3 Å². The SMILES string of the molecule is CCOc1ccccc1-c1ccc(COc2ccc(C(C)CC(=O)O)cc2)cc1. The molecule has 4 nitrogen and oxygen atoms in total. The molecule has 0 radical (unpaired) electrons. The quantitative estimate of drug-likeness (QED) is 0.493. The van der Waals surface area contributed by atoms with Crippen molar-refractivity contribution in [2.75, 3.05) is 6.61 Å². The lowest BCUT2D eigenvalue weighted by Crippen LogP contribution is -2.03. The molecule has 0 heterocycles. The molecule has 0 fully saturated rings. The second-order valence-corrected chi connectivity index (χ2v) is 6.98. The van der Waals surface area contributed by atoms with Crippen LogP contribution < -0.4 is 9.47 Å². The molecule has 4 heteroatoms. The van der Waals surface area contributed by atoms with Gasteiger partial charge < -0.3 is 14.6 Å². The molecule has 0 saturated heterocycles. The minimum absolute atomic E-state index is 0.0198. The molecule has 0 aliphatic rings. The van der Waals surface area contributed by atoms with Crippen LogP contribution in [0.3, 0.4) is 0 Å². The van der Waals surface area contributed by atoms with Gasteiger partial charge in [0.1, 0.15) is 18.1 Å². The van der Waals surface area contributed by atoms with E-state index in [1.165, 1.54) is 0 Å². The molecule has 3 aromatic rings. The van der Waals surface area contributed by atoms with Crippen molar-refractivity contribution in [1.29, 1.82) is 0 Å². The zero-order valence-electron chi connectivity index (χ0n) is 16.8. The lowest BCUT2D eigenvalue weighted by molar-refractivity contribution is -0.137. The van der Waals surface area contributed by atoms with Crippen LogP contribution in [-0.4, -0.2) is 17.7 Å². The van der Waals surface area contributed by atoms with Gasteiger partial charge >= 0.3 is 5.97 Å². The summed E-state index contributed by atoms with van der Waals surface area (Å²) >= 11 is 0. The molecular formula is C25H26O4. The molecule has 0 aliphatic heterocycles. The lowest BCUT2D eigenvalue weighted by atomic mass is 9.98. The van der Waals surface area contributed by atoms with Crippen molar-refractivity contribution in [1.82, 2.24) is 0 Å². The van der Waals surface area contributed by atoms with Crippen LogP contribution in [0.2, 0.25) is 0 Å². The van der Waals surface area contributed by atoms with E-state index in [9.17, 15) is 4.79 Å². The van der Waals surface area contributed by atoms with E-state index in [0.29, 0.717) is 13.2 Å². The number of aliphatic carboxylic acids is 1. The summed E-state index contributed by atoms with van der Waals surface area (Å²) in [7, 11) is 0. The highest BCUT2D eigenvalue weighted by atomic mass is 16.5. The Balaban J connectivity index is 1.61. The van der Waals surface area contributed by atoms with E-state index in [1.54, 1.807) is 0 Å². The molecule has 0 saturated carbocycles. The molecule has 1 N–H and O–H groups in total. The Bertz CT molecular complexity index is 930. The first-order valence-corrected chi connectivity index (χ1v) is 9.82. The highest BCUT2D eigenvalue weighted by Crippen LogP contribution is 2.30. The third-order valence-corrected chi connectivity index (χ3v) is 4.79. The number of benzene rings is 3. The van der Waals surface area contributed by atoms with Gasteiger partial charge in [-0.2, -0.15) is 0 Å². The van der Waals surface area contributed by atoms with Gasteiger partial charge in [-0.15, -0.1) is 0 Å². The molecular weight excluding hydrogens is 364 g/mol. The van der Waals surface area contributed by atoms with Gasteiger partial charge in [-0.3, -0.25) is 4.79 Å². The van der Waals surface area contributed by atoms with Crippen LogP contribution in [0.1, 0.15) is 37.3 Å². The molecule has 1 unspecified atom stereocenters. The Labute approximate surface area is 171 Å². The molecule has 3 rings (SSSR count). The largest absolute Gasteiger partial charge is 0.493 e.